The van der Waals surface area contributed by atoms with Crippen LogP contribution in [0.15, 0.2) is 12.3 Å². The second kappa shape index (κ2) is 5.94. The van der Waals surface area contributed by atoms with Gasteiger partial charge in [0.25, 0.3) is 0 Å². The van der Waals surface area contributed by atoms with Crippen molar-refractivity contribution in [3.8, 4) is 0 Å². The lowest BCUT2D eigenvalue weighted by Gasteiger charge is -2.21. The van der Waals surface area contributed by atoms with Gasteiger partial charge in [0, 0.05) is 23.7 Å². The maximum Gasteiger partial charge on any atom is 0.304 e. The number of hydrogen-bond acceptors (Lipinski definition) is 3. The van der Waals surface area contributed by atoms with Gasteiger partial charge in [0.2, 0.25) is 0 Å². The Morgan fingerprint density at radius 3 is 2.83 bits per heavy atom. The summed E-state index contributed by atoms with van der Waals surface area (Å²) in [7, 11) is 0. The van der Waals surface area contributed by atoms with E-state index in [4.69, 9.17) is 5.11 Å². The fourth-order valence-electron chi connectivity index (χ4n) is 2.60. The van der Waals surface area contributed by atoms with Crippen LogP contribution in [0.4, 0.5) is 0 Å². The summed E-state index contributed by atoms with van der Waals surface area (Å²) in [6.45, 7) is 1.87. The Hall–Kier alpha value is -1.45. The summed E-state index contributed by atoms with van der Waals surface area (Å²) in [5, 5.41) is 8.81. The van der Waals surface area contributed by atoms with E-state index in [1.165, 1.54) is 32.1 Å². The van der Waals surface area contributed by atoms with Crippen LogP contribution in [0.5, 0.6) is 0 Å². The lowest BCUT2D eigenvalue weighted by atomic mass is 9.87. The minimum atomic E-state index is -0.797. The third kappa shape index (κ3) is 3.28. The van der Waals surface area contributed by atoms with Crippen LogP contribution in [0.1, 0.15) is 68.8 Å². The van der Waals surface area contributed by atoms with Gasteiger partial charge in [-0.05, 0) is 18.9 Å². The molecule has 1 N–H and O–H groups in total. The van der Waals surface area contributed by atoms with Gasteiger partial charge in [-0.2, -0.15) is 0 Å². The van der Waals surface area contributed by atoms with Gasteiger partial charge in [0.15, 0.2) is 0 Å². The number of aromatic nitrogens is 2. The maximum atomic E-state index is 10.7. The van der Waals surface area contributed by atoms with E-state index in [0.29, 0.717) is 11.7 Å². The molecule has 98 valence electrons. The average molecular weight is 248 g/mol. The van der Waals surface area contributed by atoms with Gasteiger partial charge in [0.1, 0.15) is 5.82 Å². The third-order valence-electron chi connectivity index (χ3n) is 3.64. The van der Waals surface area contributed by atoms with Crippen LogP contribution >= 0.6 is 0 Å². The minimum absolute atomic E-state index is 0.0914. The van der Waals surface area contributed by atoms with Gasteiger partial charge < -0.3 is 5.11 Å². The SMILES string of the molecule is CC(CC(=O)O)c1nccc(C2CCCCC2)n1. The zero-order valence-corrected chi connectivity index (χ0v) is 10.8. The van der Waals surface area contributed by atoms with Crippen LogP contribution < -0.4 is 0 Å². The first kappa shape index (κ1) is 13.0. The van der Waals surface area contributed by atoms with E-state index < -0.39 is 5.97 Å². The molecule has 0 amide bonds. The molecule has 1 unspecified atom stereocenters. The van der Waals surface area contributed by atoms with Crippen molar-refractivity contribution in [2.24, 2.45) is 0 Å². The fourth-order valence-corrected chi connectivity index (χ4v) is 2.60. The zero-order chi connectivity index (χ0) is 13.0. The minimum Gasteiger partial charge on any atom is -0.481 e. The van der Waals surface area contributed by atoms with Crippen molar-refractivity contribution in [2.45, 2.75) is 57.3 Å². The van der Waals surface area contributed by atoms with Gasteiger partial charge in [-0.1, -0.05) is 26.2 Å². The van der Waals surface area contributed by atoms with E-state index in [1.54, 1.807) is 6.20 Å². The van der Waals surface area contributed by atoms with Crippen molar-refractivity contribution in [1.82, 2.24) is 9.97 Å². The molecular formula is C14H20N2O2. The first-order chi connectivity index (χ1) is 8.66. The maximum absolute atomic E-state index is 10.7. The van der Waals surface area contributed by atoms with E-state index in [-0.39, 0.29) is 12.3 Å². The van der Waals surface area contributed by atoms with Crippen molar-refractivity contribution < 1.29 is 9.90 Å². The number of carboxylic acids is 1. The summed E-state index contributed by atoms with van der Waals surface area (Å²) >= 11 is 0. The number of aliphatic carboxylic acids is 1. The van der Waals surface area contributed by atoms with E-state index >= 15 is 0 Å². The molecule has 0 radical (unpaired) electrons. The molecule has 1 aromatic heterocycles. The molecule has 0 spiro atoms. The van der Waals surface area contributed by atoms with Gasteiger partial charge in [-0.15, -0.1) is 0 Å². The Morgan fingerprint density at radius 2 is 2.17 bits per heavy atom. The van der Waals surface area contributed by atoms with E-state index in [0.717, 1.165) is 5.69 Å². The number of rotatable bonds is 4. The Balaban J connectivity index is 2.11. The van der Waals surface area contributed by atoms with Crippen molar-refractivity contribution in [3.63, 3.8) is 0 Å². The number of carboxylic acid groups (broad SMARTS) is 1. The predicted octanol–water partition coefficient (Wildman–Crippen LogP) is 3.10. The topological polar surface area (TPSA) is 63.1 Å². The van der Waals surface area contributed by atoms with Crippen LogP contribution in [0.3, 0.4) is 0 Å². The predicted molar refractivity (Wildman–Crippen MR) is 68.5 cm³/mol. The first-order valence-corrected chi connectivity index (χ1v) is 6.71. The molecule has 0 saturated heterocycles. The highest BCUT2D eigenvalue weighted by Gasteiger charge is 2.19. The Morgan fingerprint density at radius 1 is 1.44 bits per heavy atom. The van der Waals surface area contributed by atoms with Crippen LogP contribution in [0, 0.1) is 0 Å². The van der Waals surface area contributed by atoms with E-state index in [1.807, 2.05) is 13.0 Å². The number of hydrogen-bond donors (Lipinski definition) is 1. The number of carbonyl (C=O) groups is 1. The molecule has 0 aromatic carbocycles. The fraction of sp³-hybridized carbons (Fsp3) is 0.643. The monoisotopic (exact) mass is 248 g/mol. The van der Waals surface area contributed by atoms with Crippen LogP contribution in [-0.2, 0) is 4.79 Å². The van der Waals surface area contributed by atoms with Crippen molar-refractivity contribution >= 4 is 5.97 Å². The molecular weight excluding hydrogens is 228 g/mol. The highest BCUT2D eigenvalue weighted by Crippen LogP contribution is 2.31. The molecule has 0 aliphatic heterocycles. The molecule has 4 heteroatoms. The van der Waals surface area contributed by atoms with Crippen LogP contribution in [-0.4, -0.2) is 21.0 Å². The third-order valence-corrected chi connectivity index (χ3v) is 3.64. The molecule has 1 atom stereocenters. The van der Waals surface area contributed by atoms with Crippen molar-refractivity contribution in [2.75, 3.05) is 0 Å². The molecule has 1 saturated carbocycles. The normalized spacial score (nSPS) is 18.5. The second-order valence-corrected chi connectivity index (χ2v) is 5.17. The summed E-state index contributed by atoms with van der Waals surface area (Å²) in [6.07, 6.45) is 8.12. The lowest BCUT2D eigenvalue weighted by Crippen LogP contribution is -2.11. The quantitative estimate of drug-likeness (QED) is 0.889. The summed E-state index contributed by atoms with van der Waals surface area (Å²) in [5.74, 6) is 0.290. The summed E-state index contributed by atoms with van der Waals surface area (Å²) < 4.78 is 0. The zero-order valence-electron chi connectivity index (χ0n) is 10.8. The van der Waals surface area contributed by atoms with Crippen molar-refractivity contribution in [1.29, 1.82) is 0 Å². The van der Waals surface area contributed by atoms with E-state index in [9.17, 15) is 4.79 Å². The summed E-state index contributed by atoms with van der Waals surface area (Å²) in [4.78, 5) is 19.5. The molecule has 1 heterocycles. The van der Waals surface area contributed by atoms with Gasteiger partial charge in [-0.25, -0.2) is 9.97 Å². The standard InChI is InChI=1S/C14H20N2O2/c1-10(9-13(17)18)14-15-8-7-12(16-14)11-5-3-2-4-6-11/h7-8,10-11H,2-6,9H2,1H3,(H,17,18). The van der Waals surface area contributed by atoms with Gasteiger partial charge >= 0.3 is 5.97 Å². The van der Waals surface area contributed by atoms with Gasteiger partial charge in [-0.3, -0.25) is 4.79 Å². The smallest absolute Gasteiger partial charge is 0.304 e. The van der Waals surface area contributed by atoms with Crippen molar-refractivity contribution in [3.05, 3.63) is 23.8 Å². The molecule has 4 nitrogen and oxygen atoms in total. The second-order valence-electron chi connectivity index (χ2n) is 5.17. The Kier molecular flexibility index (Phi) is 4.28. The molecule has 0 bridgehead atoms. The summed E-state index contributed by atoms with van der Waals surface area (Å²) in [6, 6.07) is 1.98. The number of nitrogens with zero attached hydrogens (tertiary/aromatic N) is 2. The Bertz CT molecular complexity index is 414. The van der Waals surface area contributed by atoms with Gasteiger partial charge in [0.05, 0.1) is 6.42 Å². The molecule has 1 fully saturated rings. The van der Waals surface area contributed by atoms with E-state index in [2.05, 4.69) is 9.97 Å². The lowest BCUT2D eigenvalue weighted by molar-refractivity contribution is -0.137. The average Bonchev–Trinajstić information content (AvgIpc) is 2.39. The van der Waals surface area contributed by atoms with Crippen LogP contribution in [0.25, 0.3) is 0 Å². The molecule has 18 heavy (non-hydrogen) atoms. The highest BCUT2D eigenvalue weighted by atomic mass is 16.4. The molecule has 2 rings (SSSR count). The highest BCUT2D eigenvalue weighted by molar-refractivity contribution is 5.67. The summed E-state index contributed by atoms with van der Waals surface area (Å²) in [5.41, 5.74) is 1.09. The molecule has 1 aliphatic rings. The first-order valence-electron chi connectivity index (χ1n) is 6.71. The largest absolute Gasteiger partial charge is 0.481 e. The Labute approximate surface area is 107 Å². The molecule has 1 aromatic rings. The molecule has 1 aliphatic carbocycles. The van der Waals surface area contributed by atoms with Crippen LogP contribution in [0.2, 0.25) is 0 Å².